The summed E-state index contributed by atoms with van der Waals surface area (Å²) in [6, 6.07) is 1.48. The maximum absolute atomic E-state index is 10.8. The molecule has 1 aromatic rings. The van der Waals surface area contributed by atoms with E-state index in [1.165, 1.54) is 38.2 Å². The van der Waals surface area contributed by atoms with Gasteiger partial charge in [0.25, 0.3) is 0 Å². The van der Waals surface area contributed by atoms with E-state index in [4.69, 9.17) is 14.3 Å². The van der Waals surface area contributed by atoms with Crippen molar-refractivity contribution >= 4 is 11.7 Å². The molecule has 1 atom stereocenters. The van der Waals surface area contributed by atoms with Crippen molar-refractivity contribution in [3.63, 3.8) is 0 Å². The number of hydrogen-bond donors (Lipinski definition) is 2. The number of anilines is 1. The predicted molar refractivity (Wildman–Crippen MR) is 65.1 cm³/mol. The summed E-state index contributed by atoms with van der Waals surface area (Å²) in [6.07, 6.45) is 6.31. The summed E-state index contributed by atoms with van der Waals surface area (Å²) in [7, 11) is 0. The number of carbonyl (C=O) groups is 1. The number of aromatic carboxylic acids is 1. The van der Waals surface area contributed by atoms with Gasteiger partial charge in [-0.1, -0.05) is 19.3 Å². The second-order valence-corrected chi connectivity index (χ2v) is 5.05. The van der Waals surface area contributed by atoms with Gasteiger partial charge in [-0.05, 0) is 18.8 Å². The Kier molecular flexibility index (Phi) is 2.89. The maximum Gasteiger partial charge on any atom is 0.372 e. The van der Waals surface area contributed by atoms with E-state index in [9.17, 15) is 4.79 Å². The Hall–Kier alpha value is -1.65. The molecule has 5 heteroatoms. The average molecular weight is 251 g/mol. The summed E-state index contributed by atoms with van der Waals surface area (Å²) in [5.74, 6) is -0.257. The summed E-state index contributed by atoms with van der Waals surface area (Å²) < 4.78 is 11.0. The first-order chi connectivity index (χ1) is 8.74. The first kappa shape index (κ1) is 11.4. The van der Waals surface area contributed by atoms with Crippen LogP contribution < -0.4 is 10.1 Å². The summed E-state index contributed by atoms with van der Waals surface area (Å²) in [5, 5.41) is 12.1. The van der Waals surface area contributed by atoms with Crippen LogP contribution in [0.3, 0.4) is 0 Å². The minimum Gasteiger partial charge on any atom is -0.475 e. The van der Waals surface area contributed by atoms with Crippen LogP contribution in [0.4, 0.5) is 5.69 Å². The lowest BCUT2D eigenvalue weighted by atomic mass is 9.85. The molecule has 98 valence electrons. The number of nitrogens with one attached hydrogen (secondary N) is 1. The highest BCUT2D eigenvalue weighted by Crippen LogP contribution is 2.37. The van der Waals surface area contributed by atoms with Crippen LogP contribution in [0.25, 0.3) is 0 Å². The number of rotatable bonds is 2. The van der Waals surface area contributed by atoms with E-state index < -0.39 is 5.97 Å². The molecule has 0 bridgehead atoms. The van der Waals surface area contributed by atoms with Gasteiger partial charge in [-0.2, -0.15) is 0 Å². The Morgan fingerprint density at radius 3 is 2.83 bits per heavy atom. The fourth-order valence-electron chi connectivity index (χ4n) is 2.85. The third-order valence-corrected chi connectivity index (χ3v) is 3.84. The minimum atomic E-state index is -1.07. The lowest BCUT2D eigenvalue weighted by Crippen LogP contribution is -2.37. The number of fused-ring (bicyclic) bond motifs is 1. The monoisotopic (exact) mass is 251 g/mol. The smallest absolute Gasteiger partial charge is 0.372 e. The van der Waals surface area contributed by atoms with E-state index in [2.05, 4.69) is 5.32 Å². The van der Waals surface area contributed by atoms with Gasteiger partial charge in [0, 0.05) is 6.07 Å². The normalized spacial score (nSPS) is 23.9. The molecule has 1 aromatic heterocycles. The molecule has 18 heavy (non-hydrogen) atoms. The summed E-state index contributed by atoms with van der Waals surface area (Å²) in [6.45, 7) is 0.732. The molecule has 1 saturated carbocycles. The highest BCUT2D eigenvalue weighted by molar-refractivity contribution is 5.86. The van der Waals surface area contributed by atoms with Crippen molar-refractivity contribution in [2.45, 2.75) is 38.2 Å². The van der Waals surface area contributed by atoms with Crippen LogP contribution in [0.15, 0.2) is 10.5 Å². The lowest BCUT2D eigenvalue weighted by Gasteiger charge is -2.32. The maximum atomic E-state index is 10.8. The van der Waals surface area contributed by atoms with Crippen LogP contribution in [0.5, 0.6) is 5.95 Å². The van der Waals surface area contributed by atoms with Gasteiger partial charge in [0.2, 0.25) is 5.76 Å². The highest BCUT2D eigenvalue weighted by atomic mass is 16.6. The van der Waals surface area contributed by atoms with E-state index in [0.717, 1.165) is 6.54 Å². The van der Waals surface area contributed by atoms with E-state index >= 15 is 0 Å². The van der Waals surface area contributed by atoms with Crippen molar-refractivity contribution in [2.24, 2.45) is 5.92 Å². The van der Waals surface area contributed by atoms with Gasteiger partial charge in [0.15, 0.2) is 0 Å². The van der Waals surface area contributed by atoms with Gasteiger partial charge in [-0.3, -0.25) is 0 Å². The summed E-state index contributed by atoms with van der Waals surface area (Å²) >= 11 is 0. The standard InChI is InChI=1S/C13H17NO4/c15-12(16)10-6-9-13(17-10)18-11(7-14-9)8-4-2-1-3-5-8/h6,8,11,14H,1-5,7H2,(H,15,16). The largest absolute Gasteiger partial charge is 0.475 e. The van der Waals surface area contributed by atoms with Crippen LogP contribution in [0, 0.1) is 5.92 Å². The van der Waals surface area contributed by atoms with Gasteiger partial charge < -0.3 is 19.6 Å². The quantitative estimate of drug-likeness (QED) is 0.845. The van der Waals surface area contributed by atoms with Crippen LogP contribution in [0.1, 0.15) is 42.7 Å². The van der Waals surface area contributed by atoms with Crippen molar-refractivity contribution in [1.82, 2.24) is 0 Å². The van der Waals surface area contributed by atoms with Crippen LogP contribution in [-0.4, -0.2) is 23.7 Å². The van der Waals surface area contributed by atoms with Crippen molar-refractivity contribution in [2.75, 3.05) is 11.9 Å². The fourth-order valence-corrected chi connectivity index (χ4v) is 2.85. The zero-order valence-corrected chi connectivity index (χ0v) is 10.1. The van der Waals surface area contributed by atoms with Crippen molar-refractivity contribution in [1.29, 1.82) is 0 Å². The molecule has 1 unspecified atom stereocenters. The molecule has 1 aliphatic heterocycles. The average Bonchev–Trinajstić information content (AvgIpc) is 2.82. The van der Waals surface area contributed by atoms with Gasteiger partial charge in [0.1, 0.15) is 11.8 Å². The van der Waals surface area contributed by atoms with Gasteiger partial charge in [0.05, 0.1) is 6.54 Å². The third kappa shape index (κ3) is 2.05. The summed E-state index contributed by atoms with van der Waals surface area (Å²) in [5.41, 5.74) is 0.652. The molecule has 5 nitrogen and oxygen atoms in total. The fraction of sp³-hybridized carbons (Fsp3) is 0.615. The molecule has 3 rings (SSSR count). The van der Waals surface area contributed by atoms with Gasteiger partial charge >= 0.3 is 11.9 Å². The molecule has 0 radical (unpaired) electrons. The second kappa shape index (κ2) is 4.55. The Balaban J connectivity index is 1.73. The Morgan fingerprint density at radius 1 is 1.33 bits per heavy atom. The first-order valence-corrected chi connectivity index (χ1v) is 6.51. The number of carboxylic acid groups (broad SMARTS) is 1. The molecule has 1 fully saturated rings. The van der Waals surface area contributed by atoms with Crippen LogP contribution in [0.2, 0.25) is 0 Å². The van der Waals surface area contributed by atoms with E-state index in [1.54, 1.807) is 0 Å². The number of hydrogen-bond acceptors (Lipinski definition) is 4. The molecule has 1 aliphatic carbocycles. The molecule has 0 spiro atoms. The summed E-state index contributed by atoms with van der Waals surface area (Å²) in [4.78, 5) is 10.8. The highest BCUT2D eigenvalue weighted by Gasteiger charge is 2.31. The number of carboxylic acids is 1. The Bertz CT molecular complexity index is 448. The molecule has 2 N–H and O–H groups in total. The van der Waals surface area contributed by atoms with Crippen molar-refractivity contribution in [3.05, 3.63) is 11.8 Å². The third-order valence-electron chi connectivity index (χ3n) is 3.84. The van der Waals surface area contributed by atoms with Gasteiger partial charge in [-0.15, -0.1) is 0 Å². The van der Waals surface area contributed by atoms with E-state index in [1.807, 2.05) is 0 Å². The van der Waals surface area contributed by atoms with Crippen molar-refractivity contribution < 1.29 is 19.1 Å². The van der Waals surface area contributed by atoms with Crippen LogP contribution >= 0.6 is 0 Å². The number of ether oxygens (including phenoxy) is 1. The molecule has 2 aliphatic rings. The lowest BCUT2D eigenvalue weighted by molar-refractivity contribution is 0.0613. The zero-order valence-electron chi connectivity index (χ0n) is 10.1. The SMILES string of the molecule is O=C(O)c1cc2c(o1)OC(C1CCCCC1)CN2. The second-order valence-electron chi connectivity index (χ2n) is 5.05. The van der Waals surface area contributed by atoms with Crippen LogP contribution in [-0.2, 0) is 0 Å². The van der Waals surface area contributed by atoms with Crippen molar-refractivity contribution in [3.8, 4) is 5.95 Å². The van der Waals surface area contributed by atoms with E-state index in [0.29, 0.717) is 17.6 Å². The first-order valence-electron chi connectivity index (χ1n) is 6.51. The van der Waals surface area contributed by atoms with E-state index in [-0.39, 0.29) is 11.9 Å². The molecule has 2 heterocycles. The molecular formula is C13H17NO4. The molecular weight excluding hydrogens is 234 g/mol. The Labute approximate surface area is 105 Å². The topological polar surface area (TPSA) is 71.7 Å². The predicted octanol–water partition coefficient (Wildman–Crippen LogP) is 2.73. The van der Waals surface area contributed by atoms with Gasteiger partial charge in [-0.25, -0.2) is 4.79 Å². The molecule has 0 saturated heterocycles. The number of furan rings is 1. The molecule has 0 amide bonds. The molecule has 0 aromatic carbocycles. The Morgan fingerprint density at radius 2 is 2.11 bits per heavy atom. The minimum absolute atomic E-state index is 0.0724. The zero-order chi connectivity index (χ0) is 12.5.